The second kappa shape index (κ2) is 6.36. The molecule has 22 heavy (non-hydrogen) atoms. The Balaban J connectivity index is 2.37. The molecule has 1 aliphatic rings. The number of nitrogens with zero attached hydrogens (tertiary/aromatic N) is 1. The van der Waals surface area contributed by atoms with Crippen molar-refractivity contribution in [3.05, 3.63) is 29.3 Å². The molecule has 122 valence electrons. The average Bonchev–Trinajstić information content (AvgIpc) is 2.45. The van der Waals surface area contributed by atoms with Gasteiger partial charge in [0.05, 0.1) is 4.90 Å². The number of aryl methyl sites for hydroxylation is 1. The Morgan fingerprint density at radius 2 is 2.09 bits per heavy atom. The molecule has 0 unspecified atom stereocenters. The minimum Gasteiger partial charge on any atom is -0.334 e. The van der Waals surface area contributed by atoms with Gasteiger partial charge in [-0.15, -0.1) is 0 Å². The summed E-state index contributed by atoms with van der Waals surface area (Å²) >= 11 is 0. The quantitative estimate of drug-likeness (QED) is 0.858. The Kier molecular flexibility index (Phi) is 4.89. The van der Waals surface area contributed by atoms with Gasteiger partial charge in [-0.05, 0) is 43.4 Å². The highest BCUT2D eigenvalue weighted by molar-refractivity contribution is 7.89. The van der Waals surface area contributed by atoms with E-state index >= 15 is 0 Å². The van der Waals surface area contributed by atoms with Crippen LogP contribution in [0.25, 0.3) is 0 Å². The summed E-state index contributed by atoms with van der Waals surface area (Å²) in [5.41, 5.74) is 6.68. The van der Waals surface area contributed by atoms with E-state index in [0.29, 0.717) is 30.1 Å². The smallest absolute Gasteiger partial charge is 0.254 e. The van der Waals surface area contributed by atoms with Crippen LogP contribution >= 0.6 is 0 Å². The summed E-state index contributed by atoms with van der Waals surface area (Å²) in [7, 11) is -3.85. The molecule has 1 amide bonds. The predicted octanol–water partition coefficient (Wildman–Crippen LogP) is 0.842. The van der Waals surface area contributed by atoms with E-state index in [0.717, 1.165) is 12.8 Å². The van der Waals surface area contributed by atoms with Gasteiger partial charge in [0, 0.05) is 24.7 Å². The third-order valence-corrected chi connectivity index (χ3v) is 5.41. The number of sulfonamides is 1. The number of amides is 1. The fourth-order valence-electron chi connectivity index (χ4n) is 3.07. The summed E-state index contributed by atoms with van der Waals surface area (Å²) in [6, 6.07) is 4.59. The summed E-state index contributed by atoms with van der Waals surface area (Å²) in [6.45, 7) is 4.78. The summed E-state index contributed by atoms with van der Waals surface area (Å²) in [4.78, 5) is 14.5. The van der Waals surface area contributed by atoms with Crippen molar-refractivity contribution in [3.63, 3.8) is 0 Å². The number of nitrogens with two attached hydrogens (primary N) is 2. The molecule has 1 saturated heterocycles. The first-order chi connectivity index (χ1) is 10.3. The Morgan fingerprint density at radius 1 is 1.41 bits per heavy atom. The third kappa shape index (κ3) is 3.31. The average molecular weight is 325 g/mol. The first-order valence-electron chi connectivity index (χ1n) is 7.40. The van der Waals surface area contributed by atoms with Gasteiger partial charge in [0.15, 0.2) is 0 Å². The first kappa shape index (κ1) is 16.9. The van der Waals surface area contributed by atoms with E-state index in [2.05, 4.69) is 6.92 Å². The molecule has 7 heteroatoms. The van der Waals surface area contributed by atoms with Crippen LogP contribution in [0.2, 0.25) is 0 Å². The molecule has 1 aromatic carbocycles. The van der Waals surface area contributed by atoms with E-state index in [-0.39, 0.29) is 16.8 Å². The Hall–Kier alpha value is -1.44. The maximum atomic E-state index is 12.7. The summed E-state index contributed by atoms with van der Waals surface area (Å²) in [5.74, 6) is 0.151. The molecule has 1 aliphatic heterocycles. The number of piperidine rings is 1. The lowest BCUT2D eigenvalue weighted by Crippen LogP contribution is -2.51. The molecular formula is C15H23N3O3S. The van der Waals surface area contributed by atoms with Crippen LogP contribution in [0.5, 0.6) is 0 Å². The van der Waals surface area contributed by atoms with Crippen molar-refractivity contribution in [1.82, 2.24) is 4.90 Å². The molecule has 0 spiro atoms. The van der Waals surface area contributed by atoms with Gasteiger partial charge >= 0.3 is 0 Å². The maximum absolute atomic E-state index is 12.7. The van der Waals surface area contributed by atoms with Gasteiger partial charge in [0.2, 0.25) is 10.0 Å². The number of rotatable bonds is 3. The van der Waals surface area contributed by atoms with Crippen molar-refractivity contribution >= 4 is 15.9 Å². The van der Waals surface area contributed by atoms with Crippen molar-refractivity contribution < 1.29 is 13.2 Å². The van der Waals surface area contributed by atoms with Crippen molar-refractivity contribution in [3.8, 4) is 0 Å². The maximum Gasteiger partial charge on any atom is 0.254 e. The lowest BCUT2D eigenvalue weighted by molar-refractivity contribution is 0.0532. The third-order valence-electron chi connectivity index (χ3n) is 4.36. The number of primary sulfonamides is 1. The van der Waals surface area contributed by atoms with Crippen molar-refractivity contribution in [2.24, 2.45) is 16.8 Å². The van der Waals surface area contributed by atoms with E-state index in [1.165, 1.54) is 6.07 Å². The van der Waals surface area contributed by atoms with Gasteiger partial charge in [-0.1, -0.05) is 13.0 Å². The number of hydrogen-bond acceptors (Lipinski definition) is 4. The van der Waals surface area contributed by atoms with Gasteiger partial charge in [0.25, 0.3) is 5.91 Å². The molecule has 0 radical (unpaired) electrons. The van der Waals surface area contributed by atoms with Gasteiger partial charge in [-0.25, -0.2) is 13.6 Å². The molecule has 1 fully saturated rings. The van der Waals surface area contributed by atoms with Gasteiger partial charge in [-0.2, -0.15) is 0 Å². The number of carbonyl (C=O) groups excluding carboxylic acids is 1. The molecule has 2 atom stereocenters. The number of benzene rings is 1. The zero-order valence-electron chi connectivity index (χ0n) is 13.0. The van der Waals surface area contributed by atoms with Crippen LogP contribution in [-0.2, 0) is 10.0 Å². The van der Waals surface area contributed by atoms with E-state index in [4.69, 9.17) is 10.9 Å². The molecule has 0 saturated carbocycles. The standard InChI is InChI=1S/C15H23N3O3S/c1-10-4-3-7-18(13(10)9-16)15(19)12-6-5-11(2)14(8-12)22(17,20)21/h5-6,8,10,13H,3-4,7,9,16H2,1-2H3,(H2,17,20,21)/t10-,13-/m1/s1. The molecule has 4 N–H and O–H groups in total. The molecule has 0 aromatic heterocycles. The summed E-state index contributed by atoms with van der Waals surface area (Å²) in [6.07, 6.45) is 1.97. The van der Waals surface area contributed by atoms with Crippen LogP contribution in [0.15, 0.2) is 23.1 Å². The van der Waals surface area contributed by atoms with E-state index < -0.39 is 10.0 Å². The topological polar surface area (TPSA) is 106 Å². The summed E-state index contributed by atoms with van der Waals surface area (Å²) < 4.78 is 23.2. The van der Waals surface area contributed by atoms with Crippen molar-refractivity contribution in [1.29, 1.82) is 0 Å². The normalized spacial score (nSPS) is 22.6. The Morgan fingerprint density at radius 3 is 2.68 bits per heavy atom. The number of hydrogen-bond donors (Lipinski definition) is 2. The van der Waals surface area contributed by atoms with Crippen LogP contribution in [0.1, 0.15) is 35.7 Å². The second-order valence-corrected chi connectivity index (χ2v) is 7.48. The largest absolute Gasteiger partial charge is 0.334 e. The highest BCUT2D eigenvalue weighted by Crippen LogP contribution is 2.25. The zero-order chi connectivity index (χ0) is 16.5. The Bertz CT molecular complexity index is 673. The molecule has 6 nitrogen and oxygen atoms in total. The molecule has 0 bridgehead atoms. The minimum atomic E-state index is -3.85. The second-order valence-electron chi connectivity index (χ2n) is 5.95. The van der Waals surface area contributed by atoms with Crippen LogP contribution in [0, 0.1) is 12.8 Å². The molecule has 1 aromatic rings. The predicted molar refractivity (Wildman–Crippen MR) is 84.8 cm³/mol. The van der Waals surface area contributed by atoms with E-state index in [1.807, 2.05) is 0 Å². The highest BCUT2D eigenvalue weighted by atomic mass is 32.2. The minimum absolute atomic E-state index is 0.00675. The number of likely N-dealkylation sites (tertiary alicyclic amines) is 1. The van der Waals surface area contributed by atoms with E-state index in [1.54, 1.807) is 24.0 Å². The summed E-state index contributed by atoms with van der Waals surface area (Å²) in [5, 5.41) is 5.21. The Labute approximate surface area is 131 Å². The highest BCUT2D eigenvalue weighted by Gasteiger charge is 2.31. The molecule has 1 heterocycles. The molecule has 0 aliphatic carbocycles. The van der Waals surface area contributed by atoms with Crippen molar-refractivity contribution in [2.45, 2.75) is 37.6 Å². The SMILES string of the molecule is Cc1ccc(C(=O)N2CCC[C@@H](C)[C@H]2CN)cc1S(N)(=O)=O. The van der Waals surface area contributed by atoms with Gasteiger partial charge < -0.3 is 10.6 Å². The van der Waals surface area contributed by atoms with E-state index in [9.17, 15) is 13.2 Å². The van der Waals surface area contributed by atoms with Crippen molar-refractivity contribution in [2.75, 3.05) is 13.1 Å². The molecular weight excluding hydrogens is 302 g/mol. The van der Waals surface area contributed by atoms with Gasteiger partial charge in [0.1, 0.15) is 0 Å². The fraction of sp³-hybridized carbons (Fsp3) is 0.533. The first-order valence-corrected chi connectivity index (χ1v) is 8.95. The monoisotopic (exact) mass is 325 g/mol. The van der Waals surface area contributed by atoms with Crippen LogP contribution in [0.3, 0.4) is 0 Å². The lowest BCUT2D eigenvalue weighted by atomic mass is 9.90. The molecule has 2 rings (SSSR count). The van der Waals surface area contributed by atoms with Gasteiger partial charge in [-0.3, -0.25) is 4.79 Å². The van der Waals surface area contributed by atoms with Crippen LogP contribution < -0.4 is 10.9 Å². The lowest BCUT2D eigenvalue weighted by Gasteiger charge is -2.39. The van der Waals surface area contributed by atoms with Crippen LogP contribution in [0.4, 0.5) is 0 Å². The number of carbonyl (C=O) groups is 1. The zero-order valence-corrected chi connectivity index (χ0v) is 13.8. The fourth-order valence-corrected chi connectivity index (χ4v) is 3.87. The van der Waals surface area contributed by atoms with Crippen LogP contribution in [-0.4, -0.2) is 38.4 Å².